The zero-order valence-electron chi connectivity index (χ0n) is 23.2. The summed E-state index contributed by atoms with van der Waals surface area (Å²) in [4.78, 5) is 41.8. The van der Waals surface area contributed by atoms with Crippen LogP contribution in [0.4, 0.5) is 0 Å². The van der Waals surface area contributed by atoms with E-state index >= 15 is 0 Å². The lowest BCUT2D eigenvalue weighted by molar-refractivity contribution is -0.131. The van der Waals surface area contributed by atoms with Gasteiger partial charge in [-0.1, -0.05) is 35.5 Å². The molecule has 3 aromatic rings. The van der Waals surface area contributed by atoms with E-state index in [9.17, 15) is 14.4 Å². The van der Waals surface area contributed by atoms with Crippen LogP contribution in [0.15, 0.2) is 54.7 Å². The Bertz CT molecular complexity index is 1380. The molecule has 1 fully saturated rings. The molecule has 0 saturated carbocycles. The molecule has 2 aliphatic rings. The minimum absolute atomic E-state index is 0.178. The molecule has 2 aliphatic heterocycles. The van der Waals surface area contributed by atoms with Crippen LogP contribution in [-0.4, -0.2) is 83.0 Å². The van der Waals surface area contributed by atoms with Crippen molar-refractivity contribution in [1.29, 1.82) is 0 Å². The topological polar surface area (TPSA) is 140 Å². The molecule has 1 saturated heterocycles. The van der Waals surface area contributed by atoms with E-state index in [2.05, 4.69) is 26.3 Å². The summed E-state index contributed by atoms with van der Waals surface area (Å²) in [5.41, 5.74) is 1.96. The van der Waals surface area contributed by atoms with Crippen LogP contribution in [0.1, 0.15) is 34.5 Å². The highest BCUT2D eigenvalue weighted by molar-refractivity contribution is 5.95. The van der Waals surface area contributed by atoms with Crippen LogP contribution in [0.3, 0.4) is 0 Å². The molecule has 0 unspecified atom stereocenters. The van der Waals surface area contributed by atoms with Gasteiger partial charge >= 0.3 is 0 Å². The second-order valence-corrected chi connectivity index (χ2v) is 10.4. The average Bonchev–Trinajstić information content (AvgIpc) is 3.59. The van der Waals surface area contributed by atoms with E-state index in [1.807, 2.05) is 42.3 Å². The number of nitrogens with one attached hydrogen (secondary N) is 3. The molecular formula is C29H35N7O5. The maximum Gasteiger partial charge on any atom is 0.251 e. The summed E-state index contributed by atoms with van der Waals surface area (Å²) in [6.07, 6.45) is 3.15. The first-order valence-corrected chi connectivity index (χ1v) is 13.7. The fourth-order valence-corrected chi connectivity index (χ4v) is 5.18. The molecule has 0 radical (unpaired) electrons. The summed E-state index contributed by atoms with van der Waals surface area (Å²) < 4.78 is 13.0. The molecule has 1 aromatic heterocycles. The van der Waals surface area contributed by atoms with Gasteiger partial charge in [0.05, 0.1) is 32.5 Å². The van der Waals surface area contributed by atoms with Crippen molar-refractivity contribution >= 4 is 17.7 Å². The highest BCUT2D eigenvalue weighted by atomic mass is 16.5. The van der Waals surface area contributed by atoms with Crippen LogP contribution < -0.4 is 25.4 Å². The lowest BCUT2D eigenvalue weighted by Gasteiger charge is -2.23. The Kier molecular flexibility index (Phi) is 8.78. The highest BCUT2D eigenvalue weighted by Gasteiger charge is 2.37. The first kappa shape index (κ1) is 28.1. The number of likely N-dealkylation sites (N-methyl/N-ethyl adjacent to an activating group) is 1. The zero-order valence-corrected chi connectivity index (χ0v) is 23.2. The van der Waals surface area contributed by atoms with Crippen LogP contribution in [0.25, 0.3) is 0 Å². The molecule has 6 bridgehead atoms. The molecule has 5 rings (SSSR count). The number of carbonyl (C=O) groups is 3. The van der Waals surface area contributed by atoms with E-state index in [0.717, 1.165) is 5.56 Å². The van der Waals surface area contributed by atoms with Crippen molar-refractivity contribution in [2.45, 2.75) is 50.5 Å². The molecule has 3 heterocycles. The number of aryl methyl sites for hydroxylation is 1. The van der Waals surface area contributed by atoms with Crippen molar-refractivity contribution in [3.05, 3.63) is 71.5 Å². The number of likely N-dealkylation sites (tertiary alicyclic amines) is 1. The smallest absolute Gasteiger partial charge is 0.251 e. The first-order chi connectivity index (χ1) is 19.9. The fraction of sp³-hybridized carbons (Fsp3) is 0.414. The molecule has 216 valence electrons. The number of hydrogen-bond donors (Lipinski definition) is 3. The lowest BCUT2D eigenvalue weighted by Crippen LogP contribution is -2.52. The molecule has 3 amide bonds. The quantitative estimate of drug-likeness (QED) is 0.429. The van der Waals surface area contributed by atoms with E-state index in [-0.39, 0.29) is 30.3 Å². The second-order valence-electron chi connectivity index (χ2n) is 10.4. The van der Waals surface area contributed by atoms with Crippen molar-refractivity contribution in [3.8, 4) is 11.5 Å². The van der Waals surface area contributed by atoms with Gasteiger partial charge in [-0.25, -0.2) is 0 Å². The Morgan fingerprint density at radius 1 is 1.07 bits per heavy atom. The van der Waals surface area contributed by atoms with Gasteiger partial charge in [0.1, 0.15) is 11.7 Å². The number of carbonyl (C=O) groups excluding carboxylic acids is 3. The van der Waals surface area contributed by atoms with Gasteiger partial charge in [0.25, 0.3) is 5.91 Å². The predicted octanol–water partition coefficient (Wildman–Crippen LogP) is 0.916. The lowest BCUT2D eigenvalue weighted by atomic mass is 10.0. The predicted molar refractivity (Wildman–Crippen MR) is 149 cm³/mol. The summed E-state index contributed by atoms with van der Waals surface area (Å²) in [6.45, 7) is 1.59. The number of methoxy groups -OCH3 is 1. The third-order valence-corrected chi connectivity index (χ3v) is 7.35. The van der Waals surface area contributed by atoms with Crippen molar-refractivity contribution < 1.29 is 23.9 Å². The molecule has 3 N–H and O–H groups in total. The monoisotopic (exact) mass is 561 g/mol. The molecular weight excluding hydrogens is 526 g/mol. The van der Waals surface area contributed by atoms with E-state index in [4.69, 9.17) is 9.47 Å². The Balaban J connectivity index is 1.38. The number of ether oxygens (including phenoxy) is 2. The Hall–Kier alpha value is -4.45. The summed E-state index contributed by atoms with van der Waals surface area (Å²) in [7, 11) is 3.39. The van der Waals surface area contributed by atoms with Gasteiger partial charge in [-0.2, -0.15) is 0 Å². The van der Waals surface area contributed by atoms with Crippen molar-refractivity contribution in [3.63, 3.8) is 0 Å². The SMILES string of the molecule is COc1ccc2cc1OCCCn1cc(nn1)CNC(=O)[C@@H](Cc1ccccc1)NC(=O)[C@@H]1C[C@@H](CN1C)NC2=O. The minimum atomic E-state index is -0.786. The number of fused-ring (bicyclic) bond motifs is 6. The van der Waals surface area contributed by atoms with Crippen LogP contribution in [-0.2, 0) is 29.1 Å². The van der Waals surface area contributed by atoms with Crippen LogP contribution in [0.5, 0.6) is 11.5 Å². The maximum atomic E-state index is 13.4. The number of hydrogen-bond acceptors (Lipinski definition) is 8. The number of aromatic nitrogens is 3. The summed E-state index contributed by atoms with van der Waals surface area (Å²) >= 11 is 0. The van der Waals surface area contributed by atoms with E-state index in [0.29, 0.717) is 61.7 Å². The Labute approximate surface area is 238 Å². The van der Waals surface area contributed by atoms with Gasteiger partial charge in [0.2, 0.25) is 11.8 Å². The zero-order chi connectivity index (χ0) is 28.8. The highest BCUT2D eigenvalue weighted by Crippen LogP contribution is 2.28. The maximum absolute atomic E-state index is 13.4. The third kappa shape index (κ3) is 7.01. The summed E-state index contributed by atoms with van der Waals surface area (Å²) in [5.74, 6) is 0.158. The fourth-order valence-electron chi connectivity index (χ4n) is 5.18. The summed E-state index contributed by atoms with van der Waals surface area (Å²) in [6, 6.07) is 13.1. The Morgan fingerprint density at radius 2 is 1.90 bits per heavy atom. The summed E-state index contributed by atoms with van der Waals surface area (Å²) in [5, 5.41) is 17.2. The molecule has 0 spiro atoms. The molecule has 41 heavy (non-hydrogen) atoms. The van der Waals surface area contributed by atoms with Crippen LogP contribution >= 0.6 is 0 Å². The van der Waals surface area contributed by atoms with E-state index in [1.54, 1.807) is 36.2 Å². The van der Waals surface area contributed by atoms with Gasteiger partial charge in [-0.05, 0) is 37.2 Å². The standard InChI is InChI=1S/C29H35N7O5/c1-35-17-21-15-24(35)29(39)32-23(13-19-7-4-3-5-8-19)28(38)30-16-22-18-36(34-33-22)11-6-12-41-26-14-20(27(37)31-21)9-10-25(26)40-2/h3-5,7-10,14,18,21,23-24H,6,11-13,15-17H2,1-2H3,(H,30,38)(H,31,37)(H,32,39)/t21-,23+,24-/m0/s1. The third-order valence-electron chi connectivity index (χ3n) is 7.35. The Morgan fingerprint density at radius 3 is 2.71 bits per heavy atom. The van der Waals surface area contributed by atoms with E-state index in [1.165, 1.54) is 0 Å². The molecule has 12 heteroatoms. The minimum Gasteiger partial charge on any atom is -0.493 e. The average molecular weight is 562 g/mol. The molecule has 2 aromatic carbocycles. The molecule has 0 aliphatic carbocycles. The van der Waals surface area contributed by atoms with Gasteiger partial charge < -0.3 is 25.4 Å². The molecule has 3 atom stereocenters. The second kappa shape index (κ2) is 12.8. The number of amides is 3. The van der Waals surface area contributed by atoms with Crippen LogP contribution in [0, 0.1) is 0 Å². The van der Waals surface area contributed by atoms with E-state index < -0.39 is 12.1 Å². The van der Waals surface area contributed by atoms with Gasteiger partial charge in [0, 0.05) is 37.5 Å². The number of nitrogens with zero attached hydrogens (tertiary/aromatic N) is 4. The number of benzene rings is 2. The van der Waals surface area contributed by atoms with Gasteiger partial charge in [-0.3, -0.25) is 24.0 Å². The van der Waals surface area contributed by atoms with Crippen LogP contribution in [0.2, 0.25) is 0 Å². The van der Waals surface area contributed by atoms with Gasteiger partial charge in [0.15, 0.2) is 11.5 Å². The largest absolute Gasteiger partial charge is 0.493 e. The van der Waals surface area contributed by atoms with Gasteiger partial charge in [-0.15, -0.1) is 5.10 Å². The van der Waals surface area contributed by atoms with Crippen molar-refractivity contribution in [2.24, 2.45) is 0 Å². The normalized spacial score (nSPS) is 22.5. The molecule has 12 nitrogen and oxygen atoms in total. The van der Waals surface area contributed by atoms with Crippen molar-refractivity contribution in [1.82, 2.24) is 35.8 Å². The number of rotatable bonds is 3. The first-order valence-electron chi connectivity index (χ1n) is 13.7. The van der Waals surface area contributed by atoms with Crippen molar-refractivity contribution in [2.75, 3.05) is 27.3 Å².